The Morgan fingerprint density at radius 1 is 0.686 bits per heavy atom. The number of hydrogen-bond donors (Lipinski definition) is 3. The summed E-state index contributed by atoms with van der Waals surface area (Å²) in [5, 5.41) is 30.8. The minimum atomic E-state index is -1.60. The lowest BCUT2D eigenvalue weighted by Crippen LogP contribution is -2.60. The van der Waals surface area contributed by atoms with Crippen LogP contribution < -0.4 is 9.47 Å². The molecule has 0 saturated carbocycles. The van der Waals surface area contributed by atoms with Crippen LogP contribution >= 0.6 is 0 Å². The van der Waals surface area contributed by atoms with Gasteiger partial charge in [0, 0.05) is 0 Å². The topological polar surface area (TPSA) is 132 Å². The van der Waals surface area contributed by atoms with Crippen molar-refractivity contribution in [3.63, 3.8) is 0 Å². The maximum absolute atomic E-state index is 12.2. The highest BCUT2D eigenvalue weighted by atomic mass is 16.7. The molecule has 3 aromatic rings. The quantitative estimate of drug-likeness (QED) is 0.343. The van der Waals surface area contributed by atoms with E-state index in [4.69, 9.17) is 18.9 Å². The molecule has 0 unspecified atom stereocenters. The number of aliphatic hydroxyl groups excluding tert-OH is 3. The predicted molar refractivity (Wildman–Crippen MR) is 122 cm³/mol. The van der Waals surface area contributed by atoms with Gasteiger partial charge in [-0.05, 0) is 48.5 Å². The standard InChI is InChI=1S/C26H24O9/c27-21-20(15-32-24(30)16-7-3-1-4-8-16)35-26(23(29)22(21)28)34-19-13-11-18(12-14-19)33-25(31)17-9-5-2-6-10-17/h1-14,20-23,26-29H,15H2/t20-,21-,22+,23-,26-/m1/s1. The highest BCUT2D eigenvalue weighted by Gasteiger charge is 2.45. The van der Waals surface area contributed by atoms with Gasteiger partial charge in [-0.2, -0.15) is 0 Å². The van der Waals surface area contributed by atoms with Gasteiger partial charge in [-0.15, -0.1) is 0 Å². The largest absolute Gasteiger partial charge is 0.462 e. The molecule has 35 heavy (non-hydrogen) atoms. The first-order valence-corrected chi connectivity index (χ1v) is 10.9. The number of carbonyl (C=O) groups is 2. The van der Waals surface area contributed by atoms with Crippen LogP contribution in [0.3, 0.4) is 0 Å². The predicted octanol–water partition coefficient (Wildman–Crippen LogP) is 1.95. The van der Waals surface area contributed by atoms with E-state index in [0.717, 1.165) is 0 Å². The van der Waals surface area contributed by atoms with E-state index in [1.807, 2.05) is 0 Å². The molecule has 1 fully saturated rings. The highest BCUT2D eigenvalue weighted by Crippen LogP contribution is 2.26. The van der Waals surface area contributed by atoms with E-state index in [9.17, 15) is 24.9 Å². The fourth-order valence-corrected chi connectivity index (χ4v) is 3.43. The summed E-state index contributed by atoms with van der Waals surface area (Å²) in [6.45, 7) is -0.368. The molecule has 3 aromatic carbocycles. The summed E-state index contributed by atoms with van der Waals surface area (Å²) in [4.78, 5) is 24.3. The number of rotatable bonds is 7. The average Bonchev–Trinajstić information content (AvgIpc) is 2.90. The molecule has 0 radical (unpaired) electrons. The molecule has 1 aliphatic heterocycles. The molecule has 0 spiro atoms. The number of hydrogen-bond acceptors (Lipinski definition) is 9. The third-order valence-electron chi connectivity index (χ3n) is 5.35. The third-order valence-corrected chi connectivity index (χ3v) is 5.35. The Labute approximate surface area is 201 Å². The fraction of sp³-hybridized carbons (Fsp3) is 0.231. The third kappa shape index (κ3) is 6.03. The highest BCUT2D eigenvalue weighted by molar-refractivity contribution is 5.91. The number of benzene rings is 3. The van der Waals surface area contributed by atoms with E-state index in [2.05, 4.69) is 0 Å². The summed E-state index contributed by atoms with van der Waals surface area (Å²) in [5.41, 5.74) is 0.720. The molecule has 1 heterocycles. The van der Waals surface area contributed by atoms with Gasteiger partial charge in [0.1, 0.15) is 42.5 Å². The van der Waals surface area contributed by atoms with Crippen LogP contribution in [-0.4, -0.2) is 64.6 Å². The van der Waals surface area contributed by atoms with Gasteiger partial charge in [-0.25, -0.2) is 9.59 Å². The Hall–Kier alpha value is -3.76. The Bertz CT molecular complexity index is 1120. The molecule has 1 saturated heterocycles. The van der Waals surface area contributed by atoms with Gasteiger partial charge < -0.3 is 34.3 Å². The molecule has 0 bridgehead atoms. The van der Waals surface area contributed by atoms with Gasteiger partial charge in [0.2, 0.25) is 6.29 Å². The van der Waals surface area contributed by atoms with Crippen LogP contribution in [0.1, 0.15) is 20.7 Å². The number of aliphatic hydroxyl groups is 3. The Kier molecular flexibility index (Phi) is 7.74. The van der Waals surface area contributed by atoms with E-state index < -0.39 is 42.6 Å². The maximum Gasteiger partial charge on any atom is 0.343 e. The summed E-state index contributed by atoms with van der Waals surface area (Å²) in [7, 11) is 0. The van der Waals surface area contributed by atoms with Crippen LogP contribution in [-0.2, 0) is 9.47 Å². The lowest BCUT2D eigenvalue weighted by atomic mass is 9.99. The first-order chi connectivity index (χ1) is 16.9. The van der Waals surface area contributed by atoms with Gasteiger partial charge >= 0.3 is 11.9 Å². The van der Waals surface area contributed by atoms with E-state index in [1.54, 1.807) is 60.7 Å². The Morgan fingerprint density at radius 3 is 1.83 bits per heavy atom. The summed E-state index contributed by atoms with van der Waals surface area (Å²) >= 11 is 0. The Morgan fingerprint density at radius 2 is 1.23 bits per heavy atom. The van der Waals surface area contributed by atoms with E-state index >= 15 is 0 Å². The lowest BCUT2D eigenvalue weighted by molar-refractivity contribution is -0.277. The van der Waals surface area contributed by atoms with Crippen LogP contribution in [0.2, 0.25) is 0 Å². The maximum atomic E-state index is 12.2. The SMILES string of the molecule is O=C(OC[C@H]1O[C@@H](Oc2ccc(OC(=O)c3ccccc3)cc2)[C@H](O)[C@@H](O)[C@@H]1O)c1ccccc1. The second kappa shape index (κ2) is 11.1. The molecule has 182 valence electrons. The number of esters is 2. The summed E-state index contributed by atoms with van der Waals surface area (Å²) in [5.74, 6) is -0.620. The van der Waals surface area contributed by atoms with Gasteiger partial charge in [0.05, 0.1) is 11.1 Å². The molecule has 3 N–H and O–H groups in total. The van der Waals surface area contributed by atoms with Crippen LogP contribution in [0.4, 0.5) is 0 Å². The van der Waals surface area contributed by atoms with Crippen molar-refractivity contribution in [2.24, 2.45) is 0 Å². The minimum absolute atomic E-state index is 0.247. The zero-order chi connectivity index (χ0) is 24.8. The second-order valence-corrected chi connectivity index (χ2v) is 7.82. The first-order valence-electron chi connectivity index (χ1n) is 10.9. The monoisotopic (exact) mass is 480 g/mol. The van der Waals surface area contributed by atoms with E-state index in [0.29, 0.717) is 11.1 Å². The van der Waals surface area contributed by atoms with Crippen LogP contribution in [0, 0.1) is 0 Å². The van der Waals surface area contributed by atoms with Crippen LogP contribution in [0.5, 0.6) is 11.5 Å². The second-order valence-electron chi connectivity index (χ2n) is 7.82. The summed E-state index contributed by atoms with van der Waals surface area (Å²) < 4.78 is 21.7. The van der Waals surface area contributed by atoms with Gasteiger partial charge in [-0.3, -0.25) is 0 Å². The molecule has 0 amide bonds. The number of carbonyl (C=O) groups excluding carboxylic acids is 2. The first kappa shape index (κ1) is 24.4. The van der Waals surface area contributed by atoms with Gasteiger partial charge in [0.25, 0.3) is 0 Å². The minimum Gasteiger partial charge on any atom is -0.462 e. The summed E-state index contributed by atoms with van der Waals surface area (Å²) in [6.07, 6.45) is -7.17. The van der Waals surface area contributed by atoms with Crippen molar-refractivity contribution in [1.29, 1.82) is 0 Å². The van der Waals surface area contributed by atoms with E-state index in [-0.39, 0.29) is 18.1 Å². The molecule has 9 heteroatoms. The molecule has 0 aliphatic carbocycles. The molecule has 4 rings (SSSR count). The Balaban J connectivity index is 1.36. The van der Waals surface area contributed by atoms with Crippen molar-refractivity contribution >= 4 is 11.9 Å². The van der Waals surface area contributed by atoms with Crippen molar-refractivity contribution in [2.45, 2.75) is 30.7 Å². The van der Waals surface area contributed by atoms with Crippen LogP contribution in [0.15, 0.2) is 84.9 Å². The molecule has 1 aliphatic rings. The van der Waals surface area contributed by atoms with Crippen molar-refractivity contribution < 1.29 is 43.9 Å². The van der Waals surface area contributed by atoms with Crippen molar-refractivity contribution in [1.82, 2.24) is 0 Å². The zero-order valence-corrected chi connectivity index (χ0v) is 18.5. The fourth-order valence-electron chi connectivity index (χ4n) is 3.43. The van der Waals surface area contributed by atoms with Crippen molar-refractivity contribution in [3.8, 4) is 11.5 Å². The molecule has 0 aromatic heterocycles. The molecular weight excluding hydrogens is 456 g/mol. The zero-order valence-electron chi connectivity index (χ0n) is 18.5. The summed E-state index contributed by atoms with van der Waals surface area (Å²) in [6, 6.07) is 22.8. The number of ether oxygens (including phenoxy) is 4. The smallest absolute Gasteiger partial charge is 0.343 e. The molecule has 9 nitrogen and oxygen atoms in total. The lowest BCUT2D eigenvalue weighted by Gasteiger charge is -2.39. The van der Waals surface area contributed by atoms with Gasteiger partial charge in [0.15, 0.2) is 0 Å². The van der Waals surface area contributed by atoms with Crippen molar-refractivity contribution in [3.05, 3.63) is 96.1 Å². The van der Waals surface area contributed by atoms with Gasteiger partial charge in [-0.1, -0.05) is 36.4 Å². The van der Waals surface area contributed by atoms with Crippen LogP contribution in [0.25, 0.3) is 0 Å². The average molecular weight is 480 g/mol. The van der Waals surface area contributed by atoms with E-state index in [1.165, 1.54) is 24.3 Å². The van der Waals surface area contributed by atoms with Crippen molar-refractivity contribution in [2.75, 3.05) is 6.61 Å². The normalized spacial score (nSPS) is 23.8. The molecule has 5 atom stereocenters. The molecular formula is C26H24O9.